The first-order chi connectivity index (χ1) is 14.1. The van der Waals surface area contributed by atoms with Crippen LogP contribution in [0.4, 0.5) is 10.2 Å². The molecule has 0 bridgehead atoms. The predicted octanol–water partition coefficient (Wildman–Crippen LogP) is 5.82. The molecule has 4 rings (SSSR count). The molecule has 1 fully saturated rings. The van der Waals surface area contributed by atoms with Gasteiger partial charge in [0.25, 0.3) is 0 Å². The van der Waals surface area contributed by atoms with Crippen molar-refractivity contribution in [3.05, 3.63) is 83.3 Å². The molecule has 4 heteroatoms. The first-order valence-electron chi connectivity index (χ1n) is 10.1. The lowest BCUT2D eigenvalue weighted by molar-refractivity contribution is 0.112. The molecule has 1 aromatic heterocycles. The van der Waals surface area contributed by atoms with E-state index in [1.165, 1.54) is 23.4 Å². The summed E-state index contributed by atoms with van der Waals surface area (Å²) in [5, 5.41) is 0. The zero-order valence-electron chi connectivity index (χ0n) is 16.8. The molecule has 0 saturated carbocycles. The molecule has 2 aromatic carbocycles. The third-order valence-corrected chi connectivity index (χ3v) is 5.77. The van der Waals surface area contributed by atoms with E-state index in [9.17, 15) is 9.18 Å². The van der Waals surface area contributed by atoms with E-state index < -0.39 is 0 Å². The van der Waals surface area contributed by atoms with Crippen LogP contribution in [0.1, 0.15) is 53.6 Å². The highest BCUT2D eigenvalue weighted by Crippen LogP contribution is 2.35. The van der Waals surface area contributed by atoms with Crippen LogP contribution in [0.25, 0.3) is 11.1 Å². The van der Waals surface area contributed by atoms with Gasteiger partial charge >= 0.3 is 0 Å². The Morgan fingerprint density at radius 1 is 1.14 bits per heavy atom. The van der Waals surface area contributed by atoms with Crippen LogP contribution in [0.3, 0.4) is 0 Å². The zero-order valence-corrected chi connectivity index (χ0v) is 16.8. The molecule has 148 valence electrons. The Morgan fingerprint density at radius 3 is 2.69 bits per heavy atom. The Kier molecular flexibility index (Phi) is 5.43. The van der Waals surface area contributed by atoms with Crippen molar-refractivity contribution in [1.29, 1.82) is 0 Å². The second-order valence-corrected chi connectivity index (χ2v) is 7.97. The lowest BCUT2D eigenvalue weighted by Crippen LogP contribution is -2.20. The van der Waals surface area contributed by atoms with Gasteiger partial charge in [0, 0.05) is 24.6 Å². The van der Waals surface area contributed by atoms with E-state index in [-0.39, 0.29) is 11.7 Å². The third kappa shape index (κ3) is 3.93. The smallest absolute Gasteiger partial charge is 0.150 e. The number of anilines is 1. The molecule has 0 N–H and O–H groups in total. The van der Waals surface area contributed by atoms with Gasteiger partial charge in [-0.05, 0) is 52.8 Å². The van der Waals surface area contributed by atoms with Gasteiger partial charge in [0.2, 0.25) is 0 Å². The van der Waals surface area contributed by atoms with Gasteiger partial charge in [-0.15, -0.1) is 0 Å². The number of hydrogen-bond acceptors (Lipinski definition) is 3. The Bertz CT molecular complexity index is 1010. The Hall–Kier alpha value is -3.01. The van der Waals surface area contributed by atoms with Gasteiger partial charge in [0.05, 0.1) is 6.20 Å². The SMILES string of the molecule is CC(C)c1ccccc1-c1ccc(C2CCN(c3ccc(F)cn3)C2)c(C=O)c1. The van der Waals surface area contributed by atoms with Crippen LogP contribution in [0.15, 0.2) is 60.8 Å². The fourth-order valence-corrected chi connectivity index (χ4v) is 4.26. The molecule has 1 saturated heterocycles. The van der Waals surface area contributed by atoms with Crippen molar-refractivity contribution in [3.8, 4) is 11.1 Å². The largest absolute Gasteiger partial charge is 0.356 e. The standard InChI is InChI=1S/C25H25FN2O/c1-17(2)22-5-3-4-6-24(22)18-7-9-23(20(13-18)16-29)19-11-12-28(15-19)25-10-8-21(26)14-27-25/h3-10,13-14,16-17,19H,11-12,15H2,1-2H3. The van der Waals surface area contributed by atoms with Crippen LogP contribution >= 0.6 is 0 Å². The summed E-state index contributed by atoms with van der Waals surface area (Å²) in [7, 11) is 0. The molecule has 1 aliphatic rings. The van der Waals surface area contributed by atoms with E-state index in [4.69, 9.17) is 0 Å². The van der Waals surface area contributed by atoms with Crippen molar-refractivity contribution in [2.45, 2.75) is 32.1 Å². The maximum absolute atomic E-state index is 13.2. The van der Waals surface area contributed by atoms with Crippen molar-refractivity contribution in [2.75, 3.05) is 18.0 Å². The molecule has 0 radical (unpaired) electrons. The van der Waals surface area contributed by atoms with Crippen molar-refractivity contribution in [2.24, 2.45) is 0 Å². The summed E-state index contributed by atoms with van der Waals surface area (Å²) in [6, 6.07) is 17.8. The number of carbonyl (C=O) groups excluding carboxylic acids is 1. The van der Waals surface area contributed by atoms with E-state index in [0.29, 0.717) is 5.92 Å². The van der Waals surface area contributed by atoms with E-state index in [1.54, 1.807) is 6.07 Å². The van der Waals surface area contributed by atoms with Gasteiger partial charge in [-0.1, -0.05) is 50.2 Å². The van der Waals surface area contributed by atoms with Gasteiger partial charge in [-0.3, -0.25) is 4.79 Å². The molecule has 1 aliphatic heterocycles. The predicted molar refractivity (Wildman–Crippen MR) is 115 cm³/mol. The molecule has 0 spiro atoms. The van der Waals surface area contributed by atoms with E-state index in [1.807, 2.05) is 12.1 Å². The van der Waals surface area contributed by atoms with Crippen LogP contribution in [-0.4, -0.2) is 24.4 Å². The quantitative estimate of drug-likeness (QED) is 0.517. The molecule has 29 heavy (non-hydrogen) atoms. The number of pyridine rings is 1. The summed E-state index contributed by atoms with van der Waals surface area (Å²) in [6.07, 6.45) is 3.16. The minimum absolute atomic E-state index is 0.261. The third-order valence-electron chi connectivity index (χ3n) is 5.77. The highest BCUT2D eigenvalue weighted by atomic mass is 19.1. The Morgan fingerprint density at radius 2 is 1.97 bits per heavy atom. The number of halogens is 1. The lowest BCUT2D eigenvalue weighted by Gasteiger charge is -2.19. The maximum atomic E-state index is 13.2. The summed E-state index contributed by atoms with van der Waals surface area (Å²) >= 11 is 0. The summed E-state index contributed by atoms with van der Waals surface area (Å²) in [5.74, 6) is 1.13. The zero-order chi connectivity index (χ0) is 20.4. The monoisotopic (exact) mass is 388 g/mol. The average Bonchev–Trinajstić information content (AvgIpc) is 3.23. The molecular weight excluding hydrogens is 363 g/mol. The van der Waals surface area contributed by atoms with E-state index in [2.05, 4.69) is 54.1 Å². The molecule has 0 aliphatic carbocycles. The van der Waals surface area contributed by atoms with E-state index >= 15 is 0 Å². The molecule has 2 heterocycles. The molecule has 0 amide bonds. The van der Waals surface area contributed by atoms with Crippen LogP contribution in [-0.2, 0) is 0 Å². The van der Waals surface area contributed by atoms with E-state index in [0.717, 1.165) is 48.3 Å². The molecular formula is C25H25FN2O. The first-order valence-corrected chi connectivity index (χ1v) is 10.1. The Labute approximate surface area is 171 Å². The van der Waals surface area contributed by atoms with Crippen molar-refractivity contribution >= 4 is 12.1 Å². The first kappa shape index (κ1) is 19.3. The summed E-state index contributed by atoms with van der Waals surface area (Å²) < 4.78 is 13.2. The summed E-state index contributed by atoms with van der Waals surface area (Å²) in [4.78, 5) is 18.3. The van der Waals surface area contributed by atoms with Crippen LogP contribution < -0.4 is 4.90 Å². The number of nitrogens with zero attached hydrogens (tertiary/aromatic N) is 2. The lowest BCUT2D eigenvalue weighted by atomic mass is 9.88. The summed E-state index contributed by atoms with van der Waals surface area (Å²) in [6.45, 7) is 6.00. The number of aromatic nitrogens is 1. The molecule has 1 atom stereocenters. The number of benzene rings is 2. The highest BCUT2D eigenvalue weighted by Gasteiger charge is 2.26. The van der Waals surface area contributed by atoms with Crippen LogP contribution in [0, 0.1) is 5.82 Å². The fourth-order valence-electron chi connectivity index (χ4n) is 4.26. The minimum Gasteiger partial charge on any atom is -0.356 e. The van der Waals surface area contributed by atoms with Crippen molar-refractivity contribution in [1.82, 2.24) is 4.98 Å². The van der Waals surface area contributed by atoms with Crippen molar-refractivity contribution < 1.29 is 9.18 Å². The maximum Gasteiger partial charge on any atom is 0.150 e. The normalized spacial score (nSPS) is 16.4. The number of hydrogen-bond donors (Lipinski definition) is 0. The van der Waals surface area contributed by atoms with Crippen LogP contribution in [0.2, 0.25) is 0 Å². The van der Waals surface area contributed by atoms with Gasteiger partial charge in [-0.25, -0.2) is 9.37 Å². The Balaban J connectivity index is 1.61. The van der Waals surface area contributed by atoms with Crippen LogP contribution in [0.5, 0.6) is 0 Å². The summed E-state index contributed by atoms with van der Waals surface area (Å²) in [5.41, 5.74) is 5.37. The highest BCUT2D eigenvalue weighted by molar-refractivity contribution is 5.82. The number of aldehydes is 1. The molecule has 3 aromatic rings. The molecule has 3 nitrogen and oxygen atoms in total. The fraction of sp³-hybridized carbons (Fsp3) is 0.280. The number of rotatable bonds is 5. The average molecular weight is 388 g/mol. The minimum atomic E-state index is -0.329. The van der Waals surface area contributed by atoms with Crippen molar-refractivity contribution in [3.63, 3.8) is 0 Å². The van der Waals surface area contributed by atoms with Gasteiger partial charge < -0.3 is 4.90 Å². The topological polar surface area (TPSA) is 33.2 Å². The van der Waals surface area contributed by atoms with Gasteiger partial charge in [0.15, 0.2) is 0 Å². The second-order valence-electron chi connectivity index (χ2n) is 7.97. The van der Waals surface area contributed by atoms with Gasteiger partial charge in [0.1, 0.15) is 17.9 Å². The second kappa shape index (κ2) is 8.16. The molecule has 1 unspecified atom stereocenters. The van der Waals surface area contributed by atoms with Gasteiger partial charge in [-0.2, -0.15) is 0 Å². The number of carbonyl (C=O) groups is 1.